The van der Waals surface area contributed by atoms with Crippen LogP contribution < -0.4 is 0 Å². The number of hydrogen-bond donors (Lipinski definition) is 1. The topological polar surface area (TPSA) is 29.5 Å². The third-order valence-corrected chi connectivity index (χ3v) is 2.25. The lowest BCUT2D eigenvalue weighted by Crippen LogP contribution is -2.21. The van der Waals surface area contributed by atoms with Gasteiger partial charge in [0.25, 0.3) is 0 Å². The smallest absolute Gasteiger partial charge is 0.0826 e. The molecule has 1 rings (SSSR count). The minimum absolute atomic E-state index is 0.213. The molecule has 1 N–H and O–H groups in total. The third kappa shape index (κ3) is 1.50. The Kier molecular flexibility index (Phi) is 2.69. The molecule has 0 aromatic rings. The van der Waals surface area contributed by atoms with E-state index in [-0.39, 0.29) is 12.2 Å². The molecule has 0 radical (unpaired) electrons. The molecule has 3 unspecified atom stereocenters. The average molecular weight is 144 g/mol. The van der Waals surface area contributed by atoms with Crippen LogP contribution in [0.25, 0.3) is 0 Å². The quantitative estimate of drug-likeness (QED) is 0.630. The highest BCUT2D eigenvalue weighted by molar-refractivity contribution is 4.79. The summed E-state index contributed by atoms with van der Waals surface area (Å²) in [5.41, 5.74) is 0. The number of ether oxygens (including phenoxy) is 1. The molecule has 0 aromatic carbocycles. The lowest BCUT2D eigenvalue weighted by atomic mass is 9.95. The van der Waals surface area contributed by atoms with Gasteiger partial charge in [0.1, 0.15) is 0 Å². The fourth-order valence-electron chi connectivity index (χ4n) is 1.57. The molecule has 10 heavy (non-hydrogen) atoms. The van der Waals surface area contributed by atoms with Gasteiger partial charge in [-0.3, -0.25) is 0 Å². The monoisotopic (exact) mass is 144 g/mol. The minimum atomic E-state index is -0.213. The highest BCUT2D eigenvalue weighted by Gasteiger charge is 2.31. The van der Waals surface area contributed by atoms with Crippen LogP contribution in [-0.2, 0) is 4.74 Å². The van der Waals surface area contributed by atoms with Crippen molar-refractivity contribution >= 4 is 0 Å². The molecule has 1 heterocycles. The Bertz CT molecular complexity index is 93.4. The molecule has 1 saturated heterocycles. The number of aliphatic hydroxyl groups excluding tert-OH is 1. The summed E-state index contributed by atoms with van der Waals surface area (Å²) in [4.78, 5) is 0. The fourth-order valence-corrected chi connectivity index (χ4v) is 1.57. The van der Waals surface area contributed by atoms with E-state index in [0.717, 1.165) is 12.8 Å². The van der Waals surface area contributed by atoms with Crippen molar-refractivity contribution in [1.29, 1.82) is 0 Å². The first-order valence-electron chi connectivity index (χ1n) is 4.05. The average Bonchev–Trinajstić information content (AvgIpc) is 2.20. The summed E-state index contributed by atoms with van der Waals surface area (Å²) in [5, 5.41) is 9.37. The Morgan fingerprint density at radius 3 is 2.70 bits per heavy atom. The van der Waals surface area contributed by atoms with Crippen LogP contribution in [0, 0.1) is 5.92 Å². The number of aliphatic hydroxyl groups is 1. The molecule has 2 heteroatoms. The third-order valence-electron chi connectivity index (χ3n) is 2.25. The molecule has 1 aliphatic heterocycles. The molecule has 1 aliphatic rings. The maximum atomic E-state index is 9.37. The predicted octanol–water partition coefficient (Wildman–Crippen LogP) is 1.18. The van der Waals surface area contributed by atoms with Gasteiger partial charge < -0.3 is 9.84 Å². The number of hydrogen-bond acceptors (Lipinski definition) is 2. The molecule has 0 aromatic heterocycles. The van der Waals surface area contributed by atoms with Crippen molar-refractivity contribution in [1.82, 2.24) is 0 Å². The highest BCUT2D eigenvalue weighted by Crippen LogP contribution is 2.25. The molecule has 1 fully saturated rings. The zero-order valence-corrected chi connectivity index (χ0v) is 6.71. The van der Waals surface area contributed by atoms with E-state index in [4.69, 9.17) is 4.74 Å². The normalized spacial score (nSPS) is 40.5. The van der Waals surface area contributed by atoms with Gasteiger partial charge in [-0.1, -0.05) is 13.3 Å². The maximum Gasteiger partial charge on any atom is 0.0826 e. The Balaban J connectivity index is 2.38. The van der Waals surface area contributed by atoms with Gasteiger partial charge in [-0.15, -0.1) is 0 Å². The van der Waals surface area contributed by atoms with Crippen molar-refractivity contribution in [2.45, 2.75) is 38.9 Å². The van der Waals surface area contributed by atoms with Gasteiger partial charge in [0.15, 0.2) is 0 Å². The van der Waals surface area contributed by atoms with Crippen LogP contribution in [0.15, 0.2) is 0 Å². The first-order valence-corrected chi connectivity index (χ1v) is 4.05. The lowest BCUT2D eigenvalue weighted by Gasteiger charge is -2.14. The zero-order valence-electron chi connectivity index (χ0n) is 6.71. The largest absolute Gasteiger partial charge is 0.390 e. The standard InChI is InChI=1S/C8H16O2/c1-3-4-7-6(2)10-5-8(7)9/h6-9H,3-5H2,1-2H3. The van der Waals surface area contributed by atoms with Crippen LogP contribution in [0.2, 0.25) is 0 Å². The summed E-state index contributed by atoms with van der Waals surface area (Å²) in [6.45, 7) is 4.71. The van der Waals surface area contributed by atoms with Crippen LogP contribution in [0.1, 0.15) is 26.7 Å². The van der Waals surface area contributed by atoms with Gasteiger partial charge >= 0.3 is 0 Å². The molecule has 0 bridgehead atoms. The molecule has 0 spiro atoms. The van der Waals surface area contributed by atoms with Crippen molar-refractivity contribution in [3.63, 3.8) is 0 Å². The first kappa shape index (κ1) is 8.02. The summed E-state index contributed by atoms with van der Waals surface area (Å²) in [6, 6.07) is 0. The molecule has 0 saturated carbocycles. The fraction of sp³-hybridized carbons (Fsp3) is 1.00. The van der Waals surface area contributed by atoms with E-state index in [9.17, 15) is 5.11 Å². The van der Waals surface area contributed by atoms with Crippen LogP contribution in [0.4, 0.5) is 0 Å². The van der Waals surface area contributed by atoms with Crippen LogP contribution in [-0.4, -0.2) is 23.9 Å². The summed E-state index contributed by atoms with van der Waals surface area (Å²) in [7, 11) is 0. The summed E-state index contributed by atoms with van der Waals surface area (Å²) >= 11 is 0. The van der Waals surface area contributed by atoms with Crippen molar-refractivity contribution in [3.05, 3.63) is 0 Å². The summed E-state index contributed by atoms with van der Waals surface area (Å²) in [5.74, 6) is 0.380. The second-order valence-electron chi connectivity index (χ2n) is 3.06. The van der Waals surface area contributed by atoms with Gasteiger partial charge in [-0.05, 0) is 13.3 Å². The number of rotatable bonds is 2. The molecule has 3 atom stereocenters. The second-order valence-corrected chi connectivity index (χ2v) is 3.06. The Labute approximate surface area is 62.2 Å². The van der Waals surface area contributed by atoms with Crippen molar-refractivity contribution in [2.24, 2.45) is 5.92 Å². The van der Waals surface area contributed by atoms with E-state index < -0.39 is 0 Å². The van der Waals surface area contributed by atoms with Crippen molar-refractivity contribution in [2.75, 3.05) is 6.61 Å². The molecular weight excluding hydrogens is 128 g/mol. The Hall–Kier alpha value is -0.0800. The van der Waals surface area contributed by atoms with E-state index in [1.54, 1.807) is 0 Å². The van der Waals surface area contributed by atoms with Gasteiger partial charge in [-0.25, -0.2) is 0 Å². The van der Waals surface area contributed by atoms with E-state index in [1.165, 1.54) is 0 Å². The van der Waals surface area contributed by atoms with E-state index in [1.807, 2.05) is 6.92 Å². The maximum absolute atomic E-state index is 9.37. The van der Waals surface area contributed by atoms with E-state index in [2.05, 4.69) is 6.92 Å². The summed E-state index contributed by atoms with van der Waals surface area (Å²) < 4.78 is 5.28. The predicted molar refractivity (Wildman–Crippen MR) is 39.8 cm³/mol. The van der Waals surface area contributed by atoms with Gasteiger partial charge in [0.2, 0.25) is 0 Å². The molecular formula is C8H16O2. The van der Waals surface area contributed by atoms with Crippen molar-refractivity contribution < 1.29 is 9.84 Å². The molecule has 0 aliphatic carbocycles. The molecule has 2 nitrogen and oxygen atoms in total. The van der Waals surface area contributed by atoms with Gasteiger partial charge in [-0.2, -0.15) is 0 Å². The minimum Gasteiger partial charge on any atom is -0.390 e. The highest BCUT2D eigenvalue weighted by atomic mass is 16.5. The van der Waals surface area contributed by atoms with Gasteiger partial charge in [0, 0.05) is 5.92 Å². The Morgan fingerprint density at radius 2 is 2.30 bits per heavy atom. The SMILES string of the molecule is CCCC1C(O)COC1C. The van der Waals surface area contributed by atoms with Crippen LogP contribution in [0.5, 0.6) is 0 Å². The van der Waals surface area contributed by atoms with Gasteiger partial charge in [0.05, 0.1) is 18.8 Å². The summed E-state index contributed by atoms with van der Waals surface area (Å²) in [6.07, 6.45) is 2.27. The van der Waals surface area contributed by atoms with Crippen molar-refractivity contribution in [3.8, 4) is 0 Å². The van der Waals surface area contributed by atoms with E-state index >= 15 is 0 Å². The second kappa shape index (κ2) is 3.35. The molecule has 0 amide bonds. The van der Waals surface area contributed by atoms with Crippen LogP contribution in [0.3, 0.4) is 0 Å². The lowest BCUT2D eigenvalue weighted by molar-refractivity contribution is 0.0961. The first-order chi connectivity index (χ1) is 4.75. The van der Waals surface area contributed by atoms with Crippen LogP contribution >= 0.6 is 0 Å². The molecule has 60 valence electrons. The zero-order chi connectivity index (χ0) is 7.56. The Morgan fingerprint density at radius 1 is 1.60 bits per heavy atom. The van der Waals surface area contributed by atoms with E-state index in [0.29, 0.717) is 12.5 Å².